The van der Waals surface area contributed by atoms with Gasteiger partial charge in [0.25, 0.3) is 0 Å². The lowest BCUT2D eigenvalue weighted by atomic mass is 9.98. The van der Waals surface area contributed by atoms with Gasteiger partial charge >= 0.3 is 0 Å². The molecule has 66 heavy (non-hydrogen) atoms. The van der Waals surface area contributed by atoms with E-state index in [1.54, 1.807) is 0 Å². The molecule has 0 N–H and O–H groups in total. The number of fused-ring (bicyclic) bond motifs is 7. The Balaban J connectivity index is 0.895. The van der Waals surface area contributed by atoms with Crippen molar-refractivity contribution in [1.29, 1.82) is 0 Å². The van der Waals surface area contributed by atoms with Crippen molar-refractivity contribution in [3.8, 4) is 67.5 Å². The van der Waals surface area contributed by atoms with Gasteiger partial charge in [-0.2, -0.15) is 0 Å². The average Bonchev–Trinajstić information content (AvgIpc) is 3.91. The van der Waals surface area contributed by atoms with Crippen LogP contribution in [0.4, 0.5) is 0 Å². The van der Waals surface area contributed by atoms with E-state index in [1.807, 2.05) is 12.1 Å². The van der Waals surface area contributed by atoms with E-state index in [9.17, 15) is 0 Å². The molecular weight excluding hydrogens is 801 g/mol. The van der Waals surface area contributed by atoms with Gasteiger partial charge in [-0.05, 0) is 106 Å². The molecule has 0 amide bonds. The minimum Gasteiger partial charge on any atom is -0.309 e. The molecule has 3 aromatic heterocycles. The van der Waals surface area contributed by atoms with Crippen molar-refractivity contribution in [2.24, 2.45) is 0 Å². The van der Waals surface area contributed by atoms with E-state index in [-0.39, 0.29) is 0 Å². The zero-order valence-electron chi connectivity index (χ0n) is 35.9. The largest absolute Gasteiger partial charge is 0.309 e. The molecule has 4 nitrogen and oxygen atoms in total. The lowest BCUT2D eigenvalue weighted by Crippen LogP contribution is -1.97. The van der Waals surface area contributed by atoms with Crippen LogP contribution in [0.1, 0.15) is 0 Å². The zero-order chi connectivity index (χ0) is 43.6. The first-order valence-electron chi connectivity index (χ1n) is 22.5. The van der Waals surface area contributed by atoms with Crippen molar-refractivity contribution >= 4 is 54.4 Å². The standard InChI is InChI=1S/C62H40N4/c1-3-15-43(16-4-1)56-40-57(44-17-5-2-6-18-44)64-62(63-56)45-28-34-49(35-29-45)66-58-24-11-9-21-52(58)54-36-30-47(39-61(54)66)46-31-37-60-55(38-46)53-22-10-12-25-59(53)65(60)48-32-26-42(27-33-48)51-23-13-19-41-14-7-8-20-50(41)51/h1-40H. The van der Waals surface area contributed by atoms with Crippen LogP contribution >= 0.6 is 0 Å². The van der Waals surface area contributed by atoms with Crippen LogP contribution in [0, 0.1) is 0 Å². The highest BCUT2D eigenvalue weighted by atomic mass is 15.0. The molecule has 4 heteroatoms. The van der Waals surface area contributed by atoms with E-state index in [4.69, 9.17) is 9.97 Å². The van der Waals surface area contributed by atoms with Crippen LogP contribution in [0.3, 0.4) is 0 Å². The monoisotopic (exact) mass is 840 g/mol. The van der Waals surface area contributed by atoms with E-state index >= 15 is 0 Å². The van der Waals surface area contributed by atoms with Gasteiger partial charge in [-0.25, -0.2) is 9.97 Å². The van der Waals surface area contributed by atoms with E-state index in [2.05, 4.69) is 240 Å². The fourth-order valence-electron chi connectivity index (χ4n) is 9.98. The maximum atomic E-state index is 5.10. The molecule has 0 aliphatic heterocycles. The Bertz CT molecular complexity index is 3890. The van der Waals surface area contributed by atoms with E-state index in [0.29, 0.717) is 5.82 Å². The van der Waals surface area contributed by atoms with Crippen molar-refractivity contribution in [3.05, 3.63) is 243 Å². The molecule has 13 rings (SSSR count). The molecule has 308 valence electrons. The number of hydrogen-bond acceptors (Lipinski definition) is 2. The lowest BCUT2D eigenvalue weighted by Gasteiger charge is -2.12. The molecule has 0 atom stereocenters. The fraction of sp³-hybridized carbons (Fsp3) is 0. The third-order valence-corrected chi connectivity index (χ3v) is 13.2. The van der Waals surface area contributed by atoms with Crippen molar-refractivity contribution < 1.29 is 0 Å². The third-order valence-electron chi connectivity index (χ3n) is 13.2. The normalized spacial score (nSPS) is 11.6. The second-order valence-electron chi connectivity index (χ2n) is 17.0. The van der Waals surface area contributed by atoms with Gasteiger partial charge in [0.15, 0.2) is 5.82 Å². The fourth-order valence-corrected chi connectivity index (χ4v) is 9.98. The van der Waals surface area contributed by atoms with Crippen LogP contribution in [0.5, 0.6) is 0 Å². The second-order valence-corrected chi connectivity index (χ2v) is 17.0. The van der Waals surface area contributed by atoms with Crippen molar-refractivity contribution in [2.45, 2.75) is 0 Å². The molecule has 0 radical (unpaired) electrons. The number of para-hydroxylation sites is 2. The summed E-state index contributed by atoms with van der Waals surface area (Å²) in [6, 6.07) is 87.0. The highest BCUT2D eigenvalue weighted by Gasteiger charge is 2.18. The van der Waals surface area contributed by atoms with E-state index in [1.165, 1.54) is 65.6 Å². The van der Waals surface area contributed by atoms with Gasteiger partial charge in [-0.3, -0.25) is 0 Å². The highest BCUT2D eigenvalue weighted by molar-refractivity contribution is 6.12. The van der Waals surface area contributed by atoms with Crippen molar-refractivity contribution in [3.63, 3.8) is 0 Å². The molecule has 10 aromatic carbocycles. The van der Waals surface area contributed by atoms with Gasteiger partial charge in [0, 0.05) is 49.6 Å². The van der Waals surface area contributed by atoms with Crippen LogP contribution in [-0.2, 0) is 0 Å². The molecule has 0 fully saturated rings. The summed E-state index contributed by atoms with van der Waals surface area (Å²) in [4.78, 5) is 10.2. The Hall–Kier alpha value is -8.86. The summed E-state index contributed by atoms with van der Waals surface area (Å²) in [5.41, 5.74) is 16.6. The molecule has 0 aliphatic rings. The number of hydrogen-bond donors (Lipinski definition) is 0. The van der Waals surface area contributed by atoms with Crippen molar-refractivity contribution in [1.82, 2.24) is 19.1 Å². The van der Waals surface area contributed by atoms with Crippen LogP contribution < -0.4 is 0 Å². The topological polar surface area (TPSA) is 35.6 Å². The van der Waals surface area contributed by atoms with Gasteiger partial charge in [-0.1, -0.05) is 170 Å². The Labute approximate surface area is 382 Å². The summed E-state index contributed by atoms with van der Waals surface area (Å²) in [5.74, 6) is 0.695. The Morgan fingerprint density at radius 3 is 1.39 bits per heavy atom. The number of nitrogens with zero attached hydrogens (tertiary/aromatic N) is 4. The molecule has 0 spiro atoms. The Morgan fingerprint density at radius 2 is 0.727 bits per heavy atom. The van der Waals surface area contributed by atoms with Crippen LogP contribution in [0.15, 0.2) is 243 Å². The highest BCUT2D eigenvalue weighted by Crippen LogP contribution is 2.39. The number of rotatable bonds is 7. The first kappa shape index (κ1) is 37.7. The third kappa shape index (κ3) is 6.30. The summed E-state index contributed by atoms with van der Waals surface area (Å²) in [5, 5.41) is 7.42. The van der Waals surface area contributed by atoms with E-state index < -0.39 is 0 Å². The predicted molar refractivity (Wildman–Crippen MR) is 275 cm³/mol. The smallest absolute Gasteiger partial charge is 0.160 e. The van der Waals surface area contributed by atoms with Gasteiger partial charge in [0.1, 0.15) is 0 Å². The molecule has 13 aromatic rings. The minimum atomic E-state index is 0.695. The number of aromatic nitrogens is 4. The Kier molecular flexibility index (Phi) is 8.81. The first-order valence-corrected chi connectivity index (χ1v) is 22.5. The summed E-state index contributed by atoms with van der Waals surface area (Å²) >= 11 is 0. The first-order chi connectivity index (χ1) is 32.7. The summed E-state index contributed by atoms with van der Waals surface area (Å²) < 4.78 is 4.79. The summed E-state index contributed by atoms with van der Waals surface area (Å²) in [7, 11) is 0. The van der Waals surface area contributed by atoms with Crippen LogP contribution in [0.2, 0.25) is 0 Å². The van der Waals surface area contributed by atoms with Gasteiger partial charge in [0.2, 0.25) is 0 Å². The average molecular weight is 841 g/mol. The van der Waals surface area contributed by atoms with Crippen LogP contribution in [-0.4, -0.2) is 19.1 Å². The van der Waals surface area contributed by atoms with Crippen molar-refractivity contribution in [2.75, 3.05) is 0 Å². The minimum absolute atomic E-state index is 0.695. The van der Waals surface area contributed by atoms with Crippen LogP contribution in [0.25, 0.3) is 122 Å². The maximum Gasteiger partial charge on any atom is 0.160 e. The Morgan fingerprint density at radius 1 is 0.258 bits per heavy atom. The van der Waals surface area contributed by atoms with Gasteiger partial charge in [-0.15, -0.1) is 0 Å². The summed E-state index contributed by atoms with van der Waals surface area (Å²) in [6.07, 6.45) is 0. The number of benzene rings is 10. The molecule has 3 heterocycles. The lowest BCUT2D eigenvalue weighted by molar-refractivity contribution is 1.16. The SMILES string of the molecule is c1ccc(-c2cc(-c3ccccc3)nc(-c3ccc(-n4c5ccccc5c5ccc(-c6ccc7c(c6)c6ccccc6n7-c6ccc(-c7cccc8ccccc78)cc6)cc54)cc3)n2)cc1. The predicted octanol–water partition coefficient (Wildman–Crippen LogP) is 16.2. The maximum absolute atomic E-state index is 5.10. The molecule has 0 unspecified atom stereocenters. The molecular formula is C62H40N4. The summed E-state index contributed by atoms with van der Waals surface area (Å²) in [6.45, 7) is 0. The molecule has 0 bridgehead atoms. The second kappa shape index (κ2) is 15.4. The molecule has 0 aliphatic carbocycles. The van der Waals surface area contributed by atoms with E-state index in [0.717, 1.165) is 50.5 Å². The molecule has 0 saturated carbocycles. The van der Waals surface area contributed by atoms with Gasteiger partial charge in [0.05, 0.1) is 33.5 Å². The van der Waals surface area contributed by atoms with Gasteiger partial charge < -0.3 is 9.13 Å². The quantitative estimate of drug-likeness (QED) is 0.160. The zero-order valence-corrected chi connectivity index (χ0v) is 35.9. The molecule has 0 saturated heterocycles.